The van der Waals surface area contributed by atoms with Crippen LogP contribution in [0.25, 0.3) is 0 Å². The molecule has 1 aliphatic carbocycles. The lowest BCUT2D eigenvalue weighted by atomic mass is 9.96. The van der Waals surface area contributed by atoms with Crippen LogP contribution in [0.2, 0.25) is 0 Å². The molecule has 20 heavy (non-hydrogen) atoms. The zero-order valence-corrected chi connectivity index (χ0v) is 11.5. The molecule has 0 amide bonds. The van der Waals surface area contributed by atoms with Crippen LogP contribution in [-0.4, -0.2) is 24.9 Å². The summed E-state index contributed by atoms with van der Waals surface area (Å²) in [5.74, 6) is 0.762. The van der Waals surface area contributed by atoms with Crippen molar-refractivity contribution in [2.75, 3.05) is 19.8 Å². The second-order valence-corrected chi connectivity index (χ2v) is 4.44. The molecule has 1 aliphatic heterocycles. The summed E-state index contributed by atoms with van der Waals surface area (Å²) in [6.07, 6.45) is 15.5. The predicted molar refractivity (Wildman–Crippen MR) is 76.5 cm³/mol. The van der Waals surface area contributed by atoms with E-state index < -0.39 is 0 Å². The van der Waals surface area contributed by atoms with Crippen molar-refractivity contribution in [2.45, 2.75) is 19.3 Å². The van der Waals surface area contributed by atoms with Crippen molar-refractivity contribution in [3.8, 4) is 0 Å². The number of aliphatic hydroxyl groups excluding tert-OH is 1. The Morgan fingerprint density at radius 2 is 2.30 bits per heavy atom. The van der Waals surface area contributed by atoms with E-state index >= 15 is 0 Å². The third kappa shape index (κ3) is 4.40. The molecular formula is C16H20O4. The van der Waals surface area contributed by atoms with Crippen LogP contribution in [-0.2, 0) is 14.2 Å². The number of ether oxygens (including phenoxy) is 3. The van der Waals surface area contributed by atoms with Gasteiger partial charge in [0.25, 0.3) is 0 Å². The normalized spacial score (nSPS) is 18.1. The fourth-order valence-corrected chi connectivity index (χ4v) is 2.00. The molecule has 108 valence electrons. The zero-order valence-electron chi connectivity index (χ0n) is 11.5. The molecule has 2 rings (SSSR count). The van der Waals surface area contributed by atoms with Crippen LogP contribution in [0.4, 0.5) is 0 Å². The van der Waals surface area contributed by atoms with Crippen molar-refractivity contribution in [2.24, 2.45) is 0 Å². The molecule has 0 bridgehead atoms. The van der Waals surface area contributed by atoms with Crippen LogP contribution >= 0.6 is 0 Å². The van der Waals surface area contributed by atoms with Gasteiger partial charge in [0.2, 0.25) is 0 Å². The maximum Gasteiger partial charge on any atom is 0.165 e. The molecule has 0 fully saturated rings. The third-order valence-corrected chi connectivity index (χ3v) is 2.97. The van der Waals surface area contributed by atoms with Gasteiger partial charge >= 0.3 is 0 Å². The summed E-state index contributed by atoms with van der Waals surface area (Å²) < 4.78 is 16.0. The maximum atomic E-state index is 8.65. The van der Waals surface area contributed by atoms with E-state index in [4.69, 9.17) is 19.3 Å². The lowest BCUT2D eigenvalue weighted by molar-refractivity contribution is 0.139. The Morgan fingerprint density at radius 1 is 1.35 bits per heavy atom. The number of aliphatic hydroxyl groups is 1. The highest BCUT2D eigenvalue weighted by Crippen LogP contribution is 2.28. The van der Waals surface area contributed by atoms with Gasteiger partial charge in [0, 0.05) is 18.8 Å². The highest BCUT2D eigenvalue weighted by Gasteiger charge is 2.14. The highest BCUT2D eigenvalue weighted by atomic mass is 16.5. The van der Waals surface area contributed by atoms with E-state index in [0.29, 0.717) is 19.6 Å². The van der Waals surface area contributed by atoms with Crippen LogP contribution in [0.3, 0.4) is 0 Å². The van der Waals surface area contributed by atoms with E-state index in [1.54, 1.807) is 12.5 Å². The molecule has 1 N–H and O–H groups in total. The summed E-state index contributed by atoms with van der Waals surface area (Å²) in [6, 6.07) is 0. The molecular weight excluding hydrogens is 256 g/mol. The molecule has 0 atom stereocenters. The van der Waals surface area contributed by atoms with E-state index in [1.165, 1.54) is 6.26 Å². The van der Waals surface area contributed by atoms with Crippen molar-refractivity contribution in [1.82, 2.24) is 0 Å². The molecule has 2 aliphatic rings. The van der Waals surface area contributed by atoms with Gasteiger partial charge in [-0.3, -0.25) is 0 Å². The topological polar surface area (TPSA) is 47.9 Å². The van der Waals surface area contributed by atoms with Crippen LogP contribution in [0, 0.1) is 0 Å². The van der Waals surface area contributed by atoms with E-state index in [9.17, 15) is 0 Å². The van der Waals surface area contributed by atoms with Gasteiger partial charge in [-0.15, -0.1) is 0 Å². The molecule has 1 heterocycles. The van der Waals surface area contributed by atoms with Gasteiger partial charge < -0.3 is 19.3 Å². The van der Waals surface area contributed by atoms with Crippen LogP contribution < -0.4 is 0 Å². The quantitative estimate of drug-likeness (QED) is 0.726. The lowest BCUT2D eigenvalue weighted by Gasteiger charge is -2.17. The molecule has 0 aromatic carbocycles. The summed E-state index contributed by atoms with van der Waals surface area (Å²) in [6.45, 7) is 1.29. The van der Waals surface area contributed by atoms with Gasteiger partial charge in [-0.25, -0.2) is 0 Å². The fraction of sp³-hybridized carbons (Fsp3) is 0.375. The first-order valence-electron chi connectivity index (χ1n) is 6.84. The fourth-order valence-electron chi connectivity index (χ4n) is 2.00. The van der Waals surface area contributed by atoms with E-state index in [1.807, 2.05) is 12.2 Å². The van der Waals surface area contributed by atoms with Crippen molar-refractivity contribution in [3.05, 3.63) is 60.0 Å². The largest absolute Gasteiger partial charge is 0.466 e. The Labute approximate surface area is 119 Å². The minimum Gasteiger partial charge on any atom is -0.466 e. The van der Waals surface area contributed by atoms with Crippen molar-refractivity contribution >= 4 is 0 Å². The third-order valence-electron chi connectivity index (χ3n) is 2.97. The highest BCUT2D eigenvalue weighted by molar-refractivity contribution is 5.45. The first kappa shape index (κ1) is 14.6. The molecule has 0 saturated carbocycles. The Bertz CT molecular complexity index is 455. The molecule has 0 aromatic rings. The Balaban J connectivity index is 1.95. The average Bonchev–Trinajstić information content (AvgIpc) is 2.52. The van der Waals surface area contributed by atoms with Crippen molar-refractivity contribution < 1.29 is 19.3 Å². The van der Waals surface area contributed by atoms with Crippen LogP contribution in [0.15, 0.2) is 60.0 Å². The number of allylic oxidation sites excluding steroid dienone is 5. The summed E-state index contributed by atoms with van der Waals surface area (Å²) in [4.78, 5) is 0. The van der Waals surface area contributed by atoms with E-state index in [2.05, 4.69) is 12.2 Å². The maximum absolute atomic E-state index is 8.65. The van der Waals surface area contributed by atoms with Crippen LogP contribution in [0.5, 0.6) is 0 Å². The molecule has 0 unspecified atom stereocenters. The predicted octanol–water partition coefficient (Wildman–Crippen LogP) is 2.95. The molecule has 4 heteroatoms. The molecule has 0 saturated heterocycles. The summed E-state index contributed by atoms with van der Waals surface area (Å²) in [5.41, 5.74) is 2.26. The monoisotopic (exact) mass is 276 g/mol. The van der Waals surface area contributed by atoms with Gasteiger partial charge in [-0.1, -0.05) is 24.3 Å². The first-order chi connectivity index (χ1) is 9.92. The van der Waals surface area contributed by atoms with Crippen molar-refractivity contribution in [1.29, 1.82) is 0 Å². The van der Waals surface area contributed by atoms with Gasteiger partial charge in [0.05, 0.1) is 6.61 Å². The minimum atomic E-state index is 0.167. The number of rotatable bonds is 7. The molecule has 0 aromatic heterocycles. The number of hydrogen-bond donors (Lipinski definition) is 1. The Morgan fingerprint density at radius 3 is 3.10 bits per heavy atom. The van der Waals surface area contributed by atoms with Gasteiger partial charge in [-0.2, -0.15) is 0 Å². The molecule has 0 radical (unpaired) electrons. The zero-order chi connectivity index (χ0) is 14.0. The average molecular weight is 276 g/mol. The Kier molecular flexibility index (Phi) is 6.14. The smallest absolute Gasteiger partial charge is 0.165 e. The Hall–Kier alpha value is -1.78. The van der Waals surface area contributed by atoms with E-state index in [0.717, 1.165) is 29.7 Å². The lowest BCUT2D eigenvalue weighted by Crippen LogP contribution is -2.02. The SMILES string of the molecule is OCCCOC/C=C/C1=C(C2=COC=CO2)CCC=C1. The number of hydrogen-bond acceptors (Lipinski definition) is 4. The second kappa shape index (κ2) is 8.40. The second-order valence-electron chi connectivity index (χ2n) is 4.44. The molecule has 0 spiro atoms. The summed E-state index contributed by atoms with van der Waals surface area (Å²) >= 11 is 0. The van der Waals surface area contributed by atoms with Crippen molar-refractivity contribution in [3.63, 3.8) is 0 Å². The molecule has 4 nitrogen and oxygen atoms in total. The van der Waals surface area contributed by atoms with E-state index in [-0.39, 0.29) is 6.61 Å². The summed E-state index contributed by atoms with van der Waals surface area (Å²) in [7, 11) is 0. The summed E-state index contributed by atoms with van der Waals surface area (Å²) in [5, 5.41) is 8.65. The van der Waals surface area contributed by atoms with Gasteiger partial charge in [0.1, 0.15) is 18.8 Å². The minimum absolute atomic E-state index is 0.167. The van der Waals surface area contributed by atoms with Gasteiger partial charge in [-0.05, 0) is 24.8 Å². The van der Waals surface area contributed by atoms with Crippen LogP contribution in [0.1, 0.15) is 19.3 Å². The first-order valence-corrected chi connectivity index (χ1v) is 6.84. The van der Waals surface area contributed by atoms with Gasteiger partial charge in [0.15, 0.2) is 5.76 Å². The standard InChI is InChI=1S/C16H20O4/c17-8-4-10-18-9-3-6-14-5-1-2-7-15(14)16-13-19-11-12-20-16/h1,3,5-6,11-13,17H,2,4,7-10H2/b6-3+.